The molecule has 0 saturated carbocycles. The average molecular weight is 253 g/mol. The van der Waals surface area contributed by atoms with Crippen LogP contribution in [0.15, 0.2) is 30.3 Å². The van der Waals surface area contributed by atoms with Gasteiger partial charge in [-0.3, -0.25) is 4.79 Å². The number of hydrogen-bond donors (Lipinski definition) is 1. The normalized spacial score (nSPS) is 22.2. The van der Waals surface area contributed by atoms with E-state index in [-0.39, 0.29) is 23.3 Å². The van der Waals surface area contributed by atoms with Gasteiger partial charge in [0.25, 0.3) is 0 Å². The molecule has 92 valence electrons. The van der Waals surface area contributed by atoms with Gasteiger partial charge in [-0.25, -0.2) is 8.42 Å². The van der Waals surface area contributed by atoms with Gasteiger partial charge in [0.1, 0.15) is 0 Å². The Morgan fingerprint density at radius 2 is 2.00 bits per heavy atom. The highest BCUT2D eigenvalue weighted by Gasteiger charge is 2.32. The van der Waals surface area contributed by atoms with Crippen LogP contribution >= 0.6 is 0 Å². The van der Waals surface area contributed by atoms with Crippen molar-refractivity contribution in [1.82, 2.24) is 5.32 Å². The van der Waals surface area contributed by atoms with Crippen molar-refractivity contribution >= 4 is 15.7 Å². The zero-order valence-electron chi connectivity index (χ0n) is 9.43. The van der Waals surface area contributed by atoms with Crippen LogP contribution < -0.4 is 5.32 Å². The van der Waals surface area contributed by atoms with Crippen LogP contribution in [0.3, 0.4) is 0 Å². The molecule has 1 aliphatic rings. The van der Waals surface area contributed by atoms with E-state index in [2.05, 4.69) is 5.32 Å². The Balaban J connectivity index is 1.87. The van der Waals surface area contributed by atoms with Gasteiger partial charge in [-0.2, -0.15) is 0 Å². The molecule has 17 heavy (non-hydrogen) atoms. The lowest BCUT2D eigenvalue weighted by atomic mass is 10.1. The van der Waals surface area contributed by atoms with Gasteiger partial charge < -0.3 is 5.32 Å². The summed E-state index contributed by atoms with van der Waals surface area (Å²) in [6.07, 6.45) is 0.447. The van der Waals surface area contributed by atoms with E-state index in [0.717, 1.165) is 5.56 Å². The van der Waals surface area contributed by atoms with Gasteiger partial charge in [0.15, 0.2) is 9.84 Å². The van der Waals surface area contributed by atoms with E-state index in [1.54, 1.807) is 0 Å². The minimum Gasteiger partial charge on any atom is -0.352 e. The molecule has 5 heteroatoms. The van der Waals surface area contributed by atoms with Crippen molar-refractivity contribution < 1.29 is 13.2 Å². The second-order valence-electron chi connectivity index (χ2n) is 4.30. The fourth-order valence-electron chi connectivity index (χ4n) is 1.93. The Kier molecular flexibility index (Phi) is 3.47. The molecule has 1 amide bonds. The number of sulfone groups is 1. The van der Waals surface area contributed by atoms with E-state index in [1.807, 2.05) is 30.3 Å². The molecule has 1 saturated heterocycles. The highest BCUT2D eigenvalue weighted by atomic mass is 32.2. The molecule has 0 radical (unpaired) electrons. The molecule has 1 N–H and O–H groups in total. The van der Waals surface area contributed by atoms with Crippen molar-refractivity contribution in [2.45, 2.75) is 13.0 Å². The van der Waals surface area contributed by atoms with Crippen molar-refractivity contribution in [3.63, 3.8) is 0 Å². The highest BCUT2D eigenvalue weighted by Crippen LogP contribution is 2.18. The summed E-state index contributed by atoms with van der Waals surface area (Å²) < 4.78 is 22.5. The second-order valence-corrected chi connectivity index (χ2v) is 6.53. The third-order valence-electron chi connectivity index (χ3n) is 2.91. The smallest absolute Gasteiger partial charge is 0.224 e. The molecule has 0 aliphatic carbocycles. The van der Waals surface area contributed by atoms with Crippen LogP contribution in [0.2, 0.25) is 0 Å². The molecular weight excluding hydrogens is 238 g/mol. The summed E-state index contributed by atoms with van der Waals surface area (Å²) in [5.74, 6) is -0.400. The maximum atomic E-state index is 11.7. The minimum atomic E-state index is -2.98. The van der Waals surface area contributed by atoms with Crippen LogP contribution in [0.1, 0.15) is 12.0 Å². The van der Waals surface area contributed by atoms with Crippen LogP contribution in [-0.2, 0) is 21.2 Å². The third kappa shape index (κ3) is 3.30. The van der Waals surface area contributed by atoms with E-state index < -0.39 is 9.84 Å². The number of rotatable bonds is 3. The maximum absolute atomic E-state index is 11.7. The first-order valence-corrected chi connectivity index (χ1v) is 7.41. The summed E-state index contributed by atoms with van der Waals surface area (Å²) in [6, 6.07) is 9.56. The lowest BCUT2D eigenvalue weighted by molar-refractivity contribution is -0.124. The zero-order valence-corrected chi connectivity index (χ0v) is 10.2. The quantitative estimate of drug-likeness (QED) is 0.864. The predicted octanol–water partition coefficient (Wildman–Crippen LogP) is 0.737. The first-order valence-electron chi connectivity index (χ1n) is 5.59. The molecule has 1 atom stereocenters. The summed E-state index contributed by atoms with van der Waals surface area (Å²) in [6.45, 7) is 0.455. The first-order chi connectivity index (χ1) is 8.07. The van der Waals surface area contributed by atoms with Gasteiger partial charge in [0.2, 0.25) is 5.91 Å². The lowest BCUT2D eigenvalue weighted by Gasteiger charge is -2.09. The lowest BCUT2D eigenvalue weighted by Crippen LogP contribution is -2.30. The van der Waals surface area contributed by atoms with E-state index in [9.17, 15) is 13.2 Å². The van der Waals surface area contributed by atoms with Gasteiger partial charge in [0.05, 0.1) is 17.4 Å². The van der Waals surface area contributed by atoms with E-state index in [1.165, 1.54) is 0 Å². The van der Waals surface area contributed by atoms with Gasteiger partial charge in [-0.05, 0) is 12.0 Å². The van der Waals surface area contributed by atoms with E-state index in [0.29, 0.717) is 13.0 Å². The monoisotopic (exact) mass is 253 g/mol. The highest BCUT2D eigenvalue weighted by molar-refractivity contribution is 7.91. The van der Waals surface area contributed by atoms with Crippen LogP contribution in [-0.4, -0.2) is 25.8 Å². The summed E-state index contributed by atoms with van der Waals surface area (Å²) in [4.78, 5) is 11.7. The summed E-state index contributed by atoms with van der Waals surface area (Å²) in [7, 11) is -2.98. The Hall–Kier alpha value is -1.36. The number of carbonyl (C=O) groups is 1. The van der Waals surface area contributed by atoms with Gasteiger partial charge in [0, 0.05) is 6.54 Å². The minimum absolute atomic E-state index is 0.00633. The van der Waals surface area contributed by atoms with Crippen LogP contribution in [0.4, 0.5) is 0 Å². The zero-order chi connectivity index (χ0) is 12.3. The van der Waals surface area contributed by atoms with Crippen molar-refractivity contribution in [3.05, 3.63) is 35.9 Å². The van der Waals surface area contributed by atoms with Gasteiger partial charge in [-0.1, -0.05) is 30.3 Å². The Bertz CT molecular complexity index is 496. The number of benzene rings is 1. The van der Waals surface area contributed by atoms with Crippen LogP contribution in [0, 0.1) is 5.92 Å². The topological polar surface area (TPSA) is 63.2 Å². The predicted molar refractivity (Wildman–Crippen MR) is 65.0 cm³/mol. The molecule has 0 aromatic heterocycles. The molecule has 0 bridgehead atoms. The number of hydrogen-bond acceptors (Lipinski definition) is 3. The number of amides is 1. The Morgan fingerprint density at radius 1 is 1.29 bits per heavy atom. The van der Waals surface area contributed by atoms with Gasteiger partial charge >= 0.3 is 0 Å². The second kappa shape index (κ2) is 4.87. The van der Waals surface area contributed by atoms with Crippen molar-refractivity contribution in [2.24, 2.45) is 5.92 Å². The van der Waals surface area contributed by atoms with Crippen molar-refractivity contribution in [1.29, 1.82) is 0 Å². The summed E-state index contributed by atoms with van der Waals surface area (Å²) >= 11 is 0. The molecule has 2 rings (SSSR count). The number of carbonyl (C=O) groups excluding carboxylic acids is 1. The van der Waals surface area contributed by atoms with Crippen LogP contribution in [0.5, 0.6) is 0 Å². The molecule has 4 nitrogen and oxygen atoms in total. The standard InChI is InChI=1S/C12H15NO3S/c14-12(11-6-7-17(15,16)9-11)13-8-10-4-2-1-3-5-10/h1-5,11H,6-9H2,(H,13,14)/t11-/m1/s1. The molecular formula is C12H15NO3S. The fraction of sp³-hybridized carbons (Fsp3) is 0.417. The molecule has 0 spiro atoms. The SMILES string of the molecule is O=C(NCc1ccccc1)[C@@H]1CCS(=O)(=O)C1. The molecule has 1 aromatic carbocycles. The molecule has 1 aliphatic heterocycles. The average Bonchev–Trinajstić information content (AvgIpc) is 2.68. The molecule has 1 aromatic rings. The van der Waals surface area contributed by atoms with E-state index in [4.69, 9.17) is 0 Å². The van der Waals surface area contributed by atoms with Crippen LogP contribution in [0.25, 0.3) is 0 Å². The summed E-state index contributed by atoms with van der Waals surface area (Å²) in [5.41, 5.74) is 1.02. The first kappa shape index (κ1) is 12.1. The Labute approximate surface area is 101 Å². The van der Waals surface area contributed by atoms with E-state index >= 15 is 0 Å². The fourth-order valence-corrected chi connectivity index (χ4v) is 3.67. The summed E-state index contributed by atoms with van der Waals surface area (Å²) in [5, 5.41) is 2.78. The van der Waals surface area contributed by atoms with Crippen molar-refractivity contribution in [3.8, 4) is 0 Å². The Morgan fingerprint density at radius 3 is 2.59 bits per heavy atom. The molecule has 1 heterocycles. The maximum Gasteiger partial charge on any atom is 0.224 e. The molecule has 1 fully saturated rings. The van der Waals surface area contributed by atoms with Gasteiger partial charge in [-0.15, -0.1) is 0 Å². The van der Waals surface area contributed by atoms with Crippen molar-refractivity contribution in [2.75, 3.05) is 11.5 Å². The molecule has 0 unspecified atom stereocenters. The largest absolute Gasteiger partial charge is 0.352 e. The third-order valence-corrected chi connectivity index (χ3v) is 4.68. The number of nitrogens with one attached hydrogen (secondary N) is 1.